The quantitative estimate of drug-likeness (QED) is 0.522. The minimum absolute atomic E-state index is 0.204. The highest BCUT2D eigenvalue weighted by molar-refractivity contribution is 5.75. The van der Waals surface area contributed by atoms with Crippen molar-refractivity contribution in [3.8, 4) is 0 Å². The van der Waals surface area contributed by atoms with Crippen LogP contribution in [0.4, 0.5) is 0 Å². The molecule has 0 aromatic rings. The Morgan fingerprint density at radius 2 is 1.74 bits per heavy atom. The maximum absolute atomic E-state index is 10.7. The number of carbonyl (C=O) groups is 1. The Kier molecular flexibility index (Phi) is 10.7. The van der Waals surface area contributed by atoms with Crippen LogP contribution >= 0.6 is 0 Å². The number of nitrogens with zero attached hydrogens (tertiary/aromatic N) is 2. The molecule has 0 unspecified atom stereocenters. The molecule has 0 aliphatic carbocycles. The zero-order chi connectivity index (χ0) is 14.7. The van der Waals surface area contributed by atoms with E-state index < -0.39 is 0 Å². The van der Waals surface area contributed by atoms with Crippen molar-refractivity contribution in [3.05, 3.63) is 13.2 Å². The monoisotopic (exact) mass is 270 g/mol. The summed E-state index contributed by atoms with van der Waals surface area (Å²) in [5.41, 5.74) is 0. The molecule has 0 aromatic heterocycles. The molecule has 1 aliphatic rings. The van der Waals surface area contributed by atoms with Gasteiger partial charge in [0.1, 0.15) is 5.78 Å². The summed E-state index contributed by atoms with van der Waals surface area (Å²) in [5, 5.41) is 0. The van der Waals surface area contributed by atoms with Crippen LogP contribution in [0.2, 0.25) is 0 Å². The fourth-order valence-electron chi connectivity index (χ4n) is 2.01. The molecule has 0 saturated carbocycles. The number of carbonyl (C=O) groups excluding carboxylic acids is 1. The topological polar surface area (TPSA) is 32.8 Å². The van der Waals surface area contributed by atoms with Gasteiger partial charge in [-0.2, -0.15) is 0 Å². The summed E-state index contributed by atoms with van der Waals surface area (Å²) in [5.74, 6) is 0.204. The van der Waals surface area contributed by atoms with E-state index in [0.717, 1.165) is 39.3 Å². The van der Waals surface area contributed by atoms with E-state index in [1.807, 2.05) is 0 Å². The van der Waals surface area contributed by atoms with E-state index in [9.17, 15) is 4.79 Å². The summed E-state index contributed by atoms with van der Waals surface area (Å²) < 4.78 is 5.45. The van der Waals surface area contributed by atoms with Gasteiger partial charge in [-0.3, -0.25) is 14.6 Å². The molecule has 1 rings (SSSR count). The highest BCUT2D eigenvalue weighted by Gasteiger charge is 2.17. The maximum atomic E-state index is 10.7. The molecule has 1 aliphatic heterocycles. The summed E-state index contributed by atoms with van der Waals surface area (Å²) >= 11 is 0. The molecule has 0 spiro atoms. The van der Waals surface area contributed by atoms with Gasteiger partial charge in [-0.25, -0.2) is 0 Å². The van der Waals surface area contributed by atoms with Gasteiger partial charge in [-0.1, -0.05) is 0 Å². The SMILES string of the molecule is C=C.CC(=O)CCOCCN1CCN(C(C)C)CC1. The first-order valence-electron chi connectivity index (χ1n) is 7.13. The highest BCUT2D eigenvalue weighted by atomic mass is 16.5. The van der Waals surface area contributed by atoms with Crippen LogP contribution in [-0.4, -0.2) is 67.6 Å². The van der Waals surface area contributed by atoms with E-state index in [-0.39, 0.29) is 5.78 Å². The lowest BCUT2D eigenvalue weighted by molar-refractivity contribution is -0.118. The van der Waals surface area contributed by atoms with Crippen molar-refractivity contribution < 1.29 is 9.53 Å². The van der Waals surface area contributed by atoms with Gasteiger partial charge in [-0.05, 0) is 20.8 Å². The first-order chi connectivity index (χ1) is 9.09. The smallest absolute Gasteiger partial charge is 0.132 e. The van der Waals surface area contributed by atoms with Crippen LogP contribution in [0.3, 0.4) is 0 Å². The van der Waals surface area contributed by atoms with Crippen LogP contribution in [0.15, 0.2) is 13.2 Å². The van der Waals surface area contributed by atoms with Crippen LogP contribution in [-0.2, 0) is 9.53 Å². The lowest BCUT2D eigenvalue weighted by atomic mass is 10.2. The third-order valence-corrected chi connectivity index (χ3v) is 3.29. The van der Waals surface area contributed by atoms with Crippen molar-refractivity contribution in [2.45, 2.75) is 33.2 Å². The number of hydrogen-bond acceptors (Lipinski definition) is 4. The predicted octanol–water partition coefficient (Wildman–Crippen LogP) is 1.81. The summed E-state index contributed by atoms with van der Waals surface area (Å²) in [7, 11) is 0. The number of ketones is 1. The second kappa shape index (κ2) is 11.1. The Hall–Kier alpha value is -0.710. The van der Waals surface area contributed by atoms with Gasteiger partial charge in [0.15, 0.2) is 0 Å². The predicted molar refractivity (Wildman–Crippen MR) is 80.5 cm³/mol. The van der Waals surface area contributed by atoms with Gasteiger partial charge in [0.25, 0.3) is 0 Å². The minimum Gasteiger partial charge on any atom is -0.380 e. The zero-order valence-corrected chi connectivity index (χ0v) is 12.9. The first kappa shape index (κ1) is 18.3. The van der Waals surface area contributed by atoms with Crippen LogP contribution < -0.4 is 0 Å². The third-order valence-electron chi connectivity index (χ3n) is 3.29. The van der Waals surface area contributed by atoms with Crippen LogP contribution in [0.25, 0.3) is 0 Å². The number of rotatable bonds is 7. The first-order valence-corrected chi connectivity index (χ1v) is 7.13. The van der Waals surface area contributed by atoms with E-state index >= 15 is 0 Å². The standard InChI is InChI=1S/C13H26N2O2.C2H4/c1-12(2)15-7-5-14(6-8-15)9-11-17-10-4-13(3)16;1-2/h12H,4-11H2,1-3H3;1-2H2. The molecular formula is C15H30N2O2. The van der Waals surface area contributed by atoms with Gasteiger partial charge < -0.3 is 4.74 Å². The molecule has 0 bridgehead atoms. The van der Waals surface area contributed by atoms with Crippen LogP contribution in [0.1, 0.15) is 27.2 Å². The van der Waals surface area contributed by atoms with E-state index in [4.69, 9.17) is 4.74 Å². The number of hydrogen-bond donors (Lipinski definition) is 0. The summed E-state index contributed by atoms with van der Waals surface area (Å²) in [6.07, 6.45) is 0.543. The molecule has 4 heteroatoms. The average molecular weight is 270 g/mol. The Labute approximate surface area is 118 Å². The van der Waals surface area contributed by atoms with Crippen LogP contribution in [0.5, 0.6) is 0 Å². The van der Waals surface area contributed by atoms with Gasteiger partial charge >= 0.3 is 0 Å². The molecule has 112 valence electrons. The fourth-order valence-corrected chi connectivity index (χ4v) is 2.01. The fraction of sp³-hybridized carbons (Fsp3) is 0.800. The average Bonchev–Trinajstić information content (AvgIpc) is 2.41. The van der Waals surface area contributed by atoms with Gasteiger partial charge in [0.05, 0.1) is 13.2 Å². The van der Waals surface area contributed by atoms with Crippen molar-refractivity contribution in [3.63, 3.8) is 0 Å². The van der Waals surface area contributed by atoms with E-state index in [1.54, 1.807) is 6.92 Å². The van der Waals surface area contributed by atoms with Crippen molar-refractivity contribution in [2.24, 2.45) is 0 Å². The minimum atomic E-state index is 0.204. The van der Waals surface area contributed by atoms with Gasteiger partial charge in [-0.15, -0.1) is 13.2 Å². The van der Waals surface area contributed by atoms with Crippen molar-refractivity contribution >= 4 is 5.78 Å². The number of ether oxygens (including phenoxy) is 1. The maximum Gasteiger partial charge on any atom is 0.132 e. The van der Waals surface area contributed by atoms with Crippen LogP contribution in [0, 0.1) is 0 Å². The lowest BCUT2D eigenvalue weighted by Gasteiger charge is -2.36. The molecule has 0 amide bonds. The second-order valence-corrected chi connectivity index (χ2v) is 5.04. The normalized spacial score (nSPS) is 17.1. The van der Waals surface area contributed by atoms with Crippen molar-refractivity contribution in [1.82, 2.24) is 9.80 Å². The molecule has 0 aromatic carbocycles. The Morgan fingerprint density at radius 3 is 2.21 bits per heavy atom. The molecule has 1 saturated heterocycles. The van der Waals surface area contributed by atoms with Gasteiger partial charge in [0.2, 0.25) is 0 Å². The molecule has 1 heterocycles. The Bertz CT molecular complexity index is 236. The van der Waals surface area contributed by atoms with E-state index in [1.165, 1.54) is 0 Å². The van der Waals surface area contributed by atoms with Crippen molar-refractivity contribution in [2.75, 3.05) is 45.9 Å². The second-order valence-electron chi connectivity index (χ2n) is 5.04. The summed E-state index contributed by atoms with van der Waals surface area (Å²) in [6.45, 7) is 19.0. The van der Waals surface area contributed by atoms with E-state index in [0.29, 0.717) is 19.1 Å². The Balaban J connectivity index is 0.00000154. The molecule has 0 N–H and O–H groups in total. The summed E-state index contributed by atoms with van der Waals surface area (Å²) in [4.78, 5) is 15.7. The number of Topliss-reactive ketones (excluding diaryl/α,β-unsaturated/α-hetero) is 1. The molecule has 4 nitrogen and oxygen atoms in total. The van der Waals surface area contributed by atoms with Gasteiger partial charge in [0, 0.05) is 45.2 Å². The molecule has 0 atom stereocenters. The summed E-state index contributed by atoms with van der Waals surface area (Å²) in [6, 6.07) is 0.656. The van der Waals surface area contributed by atoms with E-state index in [2.05, 4.69) is 36.8 Å². The Morgan fingerprint density at radius 1 is 1.16 bits per heavy atom. The third kappa shape index (κ3) is 8.92. The molecule has 0 radical (unpaired) electrons. The zero-order valence-electron chi connectivity index (χ0n) is 12.9. The molecule has 19 heavy (non-hydrogen) atoms. The molecular weight excluding hydrogens is 240 g/mol. The number of piperazine rings is 1. The van der Waals surface area contributed by atoms with Crippen molar-refractivity contribution in [1.29, 1.82) is 0 Å². The highest BCUT2D eigenvalue weighted by Crippen LogP contribution is 2.05. The largest absolute Gasteiger partial charge is 0.380 e. The lowest BCUT2D eigenvalue weighted by Crippen LogP contribution is -2.49. The molecule has 1 fully saturated rings.